The van der Waals surface area contributed by atoms with Gasteiger partial charge in [0.05, 0.1) is 13.2 Å². The minimum Gasteiger partial charge on any atom is -0.373 e. The molecule has 0 aromatic heterocycles. The summed E-state index contributed by atoms with van der Waals surface area (Å²) in [5.74, 6) is 0. The highest BCUT2D eigenvalue weighted by atomic mass is 16.5. The summed E-state index contributed by atoms with van der Waals surface area (Å²) in [7, 11) is 0. The number of rotatable bonds is 17. The number of benzene rings is 1. The van der Waals surface area contributed by atoms with Gasteiger partial charge in [-0.15, -0.1) is 0 Å². The van der Waals surface area contributed by atoms with Crippen molar-refractivity contribution in [1.82, 2.24) is 0 Å². The molecule has 1 heteroatoms. The Hall–Kier alpha value is -1.34. The van der Waals surface area contributed by atoms with Crippen LogP contribution >= 0.6 is 0 Å². The van der Waals surface area contributed by atoms with Gasteiger partial charge in [0, 0.05) is 0 Å². The van der Waals surface area contributed by atoms with Crippen LogP contribution in [0.5, 0.6) is 0 Å². The van der Waals surface area contributed by atoms with Crippen molar-refractivity contribution in [3.63, 3.8) is 0 Å². The molecular weight excluding hydrogens is 316 g/mol. The van der Waals surface area contributed by atoms with E-state index in [0.29, 0.717) is 13.2 Å². The first kappa shape index (κ1) is 22.7. The lowest BCUT2D eigenvalue weighted by Gasteiger charge is -2.01. The van der Waals surface area contributed by atoms with E-state index in [4.69, 9.17) is 4.74 Å². The first-order valence-corrected chi connectivity index (χ1v) is 10.9. The summed E-state index contributed by atoms with van der Waals surface area (Å²) in [5, 5.41) is 0. The second-order valence-corrected chi connectivity index (χ2v) is 7.18. The van der Waals surface area contributed by atoms with Crippen molar-refractivity contribution >= 4 is 0 Å². The maximum atomic E-state index is 5.62. The van der Waals surface area contributed by atoms with E-state index in [-0.39, 0.29) is 0 Å². The van der Waals surface area contributed by atoms with E-state index >= 15 is 0 Å². The maximum Gasteiger partial charge on any atom is 0.0721 e. The normalized spacial score (nSPS) is 11.7. The van der Waals surface area contributed by atoms with Crippen LogP contribution in [0.1, 0.15) is 89.5 Å². The average Bonchev–Trinajstić information content (AvgIpc) is 2.68. The average molecular weight is 357 g/mol. The van der Waals surface area contributed by atoms with Crippen molar-refractivity contribution < 1.29 is 4.74 Å². The quantitative estimate of drug-likeness (QED) is 0.203. The van der Waals surface area contributed by atoms with E-state index < -0.39 is 0 Å². The van der Waals surface area contributed by atoms with Crippen molar-refractivity contribution in [2.75, 3.05) is 6.61 Å². The maximum absolute atomic E-state index is 5.62. The summed E-state index contributed by atoms with van der Waals surface area (Å²) in [6.07, 6.45) is 25.4. The van der Waals surface area contributed by atoms with Gasteiger partial charge in [0.15, 0.2) is 0 Å². The van der Waals surface area contributed by atoms with Gasteiger partial charge in [-0.1, -0.05) is 126 Å². The molecule has 26 heavy (non-hydrogen) atoms. The molecule has 0 spiro atoms. The SMILES string of the molecule is CCCCCCCCCCCCC/C=C/C=C/COCc1ccccc1. The summed E-state index contributed by atoms with van der Waals surface area (Å²) in [4.78, 5) is 0. The lowest BCUT2D eigenvalue weighted by Crippen LogP contribution is -1.91. The predicted octanol–water partition coefficient (Wildman–Crippen LogP) is 8.02. The van der Waals surface area contributed by atoms with E-state index in [1.165, 1.54) is 82.6 Å². The Bertz CT molecular complexity index is 446. The summed E-state index contributed by atoms with van der Waals surface area (Å²) < 4.78 is 5.62. The van der Waals surface area contributed by atoms with Crippen LogP contribution in [0.15, 0.2) is 54.6 Å². The highest BCUT2D eigenvalue weighted by Crippen LogP contribution is 2.12. The van der Waals surface area contributed by atoms with Gasteiger partial charge in [-0.3, -0.25) is 0 Å². The van der Waals surface area contributed by atoms with Gasteiger partial charge in [-0.25, -0.2) is 0 Å². The molecule has 0 unspecified atom stereocenters. The molecule has 0 amide bonds. The molecule has 0 fully saturated rings. The zero-order valence-electron chi connectivity index (χ0n) is 17.0. The number of hydrogen-bond donors (Lipinski definition) is 0. The molecule has 146 valence electrons. The first-order valence-electron chi connectivity index (χ1n) is 10.9. The van der Waals surface area contributed by atoms with Crippen LogP contribution < -0.4 is 0 Å². The summed E-state index contributed by atoms with van der Waals surface area (Å²) in [6, 6.07) is 10.3. The zero-order valence-corrected chi connectivity index (χ0v) is 17.0. The molecule has 0 radical (unpaired) electrons. The van der Waals surface area contributed by atoms with Crippen molar-refractivity contribution in [2.45, 2.75) is 90.6 Å². The van der Waals surface area contributed by atoms with Crippen molar-refractivity contribution in [3.8, 4) is 0 Å². The molecule has 0 aliphatic carbocycles. The van der Waals surface area contributed by atoms with Crippen LogP contribution in [0.4, 0.5) is 0 Å². The second kappa shape index (κ2) is 18.5. The Labute approximate surface area is 162 Å². The molecule has 0 aliphatic heterocycles. The molecule has 1 nitrogen and oxygen atoms in total. The van der Waals surface area contributed by atoms with Gasteiger partial charge in [0.25, 0.3) is 0 Å². The third-order valence-corrected chi connectivity index (χ3v) is 4.68. The van der Waals surface area contributed by atoms with E-state index in [1.54, 1.807) is 0 Å². The van der Waals surface area contributed by atoms with Gasteiger partial charge in [0.2, 0.25) is 0 Å². The molecule has 0 saturated carbocycles. The molecule has 0 N–H and O–H groups in total. The van der Waals surface area contributed by atoms with Crippen LogP contribution in [0, 0.1) is 0 Å². The van der Waals surface area contributed by atoms with E-state index in [9.17, 15) is 0 Å². The molecule has 0 atom stereocenters. The standard InChI is InChI=1S/C25H40O/c1-2-3-4-5-6-7-8-9-10-11-12-13-14-15-16-20-23-26-24-25-21-18-17-19-22-25/h14-22H,2-13,23-24H2,1H3/b15-14+,20-16+. The number of allylic oxidation sites excluding steroid dienone is 3. The molecule has 1 aromatic carbocycles. The summed E-state index contributed by atoms with van der Waals surface area (Å²) in [6.45, 7) is 3.65. The molecule has 0 bridgehead atoms. The molecule has 0 heterocycles. The zero-order chi connectivity index (χ0) is 18.5. The minimum absolute atomic E-state index is 0.678. The fraction of sp³-hybridized carbons (Fsp3) is 0.600. The Balaban J connectivity index is 1.80. The Morgan fingerprint density at radius 2 is 1.27 bits per heavy atom. The fourth-order valence-corrected chi connectivity index (χ4v) is 3.05. The van der Waals surface area contributed by atoms with Gasteiger partial charge >= 0.3 is 0 Å². The van der Waals surface area contributed by atoms with E-state index in [0.717, 1.165) is 0 Å². The third kappa shape index (κ3) is 15.0. The molecule has 1 aromatic rings. The van der Waals surface area contributed by atoms with Crippen LogP contribution in [0.25, 0.3) is 0 Å². The smallest absolute Gasteiger partial charge is 0.0721 e. The second-order valence-electron chi connectivity index (χ2n) is 7.18. The molecule has 0 saturated heterocycles. The van der Waals surface area contributed by atoms with Gasteiger partial charge in [-0.05, 0) is 18.4 Å². The lowest BCUT2D eigenvalue weighted by molar-refractivity contribution is 0.148. The van der Waals surface area contributed by atoms with Gasteiger partial charge in [0.1, 0.15) is 0 Å². The molecule has 1 rings (SSSR count). The highest BCUT2D eigenvalue weighted by molar-refractivity contribution is 5.13. The monoisotopic (exact) mass is 356 g/mol. The number of ether oxygens (including phenoxy) is 1. The van der Waals surface area contributed by atoms with E-state index in [2.05, 4.69) is 43.4 Å². The van der Waals surface area contributed by atoms with Crippen LogP contribution in [0.2, 0.25) is 0 Å². The Kier molecular flexibility index (Phi) is 16.1. The largest absolute Gasteiger partial charge is 0.373 e. The Morgan fingerprint density at radius 1 is 0.692 bits per heavy atom. The topological polar surface area (TPSA) is 9.23 Å². The van der Waals surface area contributed by atoms with Crippen LogP contribution in [0.3, 0.4) is 0 Å². The van der Waals surface area contributed by atoms with Gasteiger partial charge < -0.3 is 4.74 Å². The van der Waals surface area contributed by atoms with Crippen molar-refractivity contribution in [3.05, 3.63) is 60.2 Å². The fourth-order valence-electron chi connectivity index (χ4n) is 3.05. The summed E-state index contributed by atoms with van der Waals surface area (Å²) in [5.41, 5.74) is 1.23. The van der Waals surface area contributed by atoms with Crippen LogP contribution in [-0.2, 0) is 11.3 Å². The third-order valence-electron chi connectivity index (χ3n) is 4.68. The van der Waals surface area contributed by atoms with Crippen molar-refractivity contribution in [1.29, 1.82) is 0 Å². The summed E-state index contributed by atoms with van der Waals surface area (Å²) >= 11 is 0. The predicted molar refractivity (Wildman–Crippen MR) is 115 cm³/mol. The van der Waals surface area contributed by atoms with E-state index in [1.807, 2.05) is 18.2 Å². The lowest BCUT2D eigenvalue weighted by atomic mass is 10.1. The highest BCUT2D eigenvalue weighted by Gasteiger charge is 1.92. The first-order chi connectivity index (χ1) is 12.9. The number of unbranched alkanes of at least 4 members (excludes halogenated alkanes) is 11. The van der Waals surface area contributed by atoms with Crippen molar-refractivity contribution in [2.24, 2.45) is 0 Å². The number of hydrogen-bond acceptors (Lipinski definition) is 1. The molecule has 0 aliphatic rings. The van der Waals surface area contributed by atoms with Crippen LogP contribution in [-0.4, -0.2) is 6.61 Å². The molecular formula is C25H40O. The Morgan fingerprint density at radius 3 is 1.92 bits per heavy atom. The van der Waals surface area contributed by atoms with Gasteiger partial charge in [-0.2, -0.15) is 0 Å². The minimum atomic E-state index is 0.678.